The molecule has 4 nitrogen and oxygen atoms in total. The van der Waals surface area contributed by atoms with Gasteiger partial charge in [0.1, 0.15) is 0 Å². The van der Waals surface area contributed by atoms with Crippen LogP contribution in [0.2, 0.25) is 0 Å². The highest BCUT2D eigenvalue weighted by Gasteiger charge is 2.54. The molecule has 0 aliphatic heterocycles. The Morgan fingerprint density at radius 3 is 2.17 bits per heavy atom. The van der Waals surface area contributed by atoms with E-state index in [4.69, 9.17) is 0 Å². The van der Waals surface area contributed by atoms with Gasteiger partial charge in [-0.25, -0.2) is 0 Å². The minimum Gasteiger partial charge on any atom is -0.345 e. The zero-order chi connectivity index (χ0) is 16.9. The van der Waals surface area contributed by atoms with Crippen molar-refractivity contribution < 1.29 is 9.59 Å². The van der Waals surface area contributed by atoms with Crippen LogP contribution in [0.1, 0.15) is 48.9 Å². The van der Waals surface area contributed by atoms with Crippen molar-refractivity contribution in [1.82, 2.24) is 4.90 Å². The maximum atomic E-state index is 13.1. The van der Waals surface area contributed by atoms with Crippen LogP contribution in [-0.4, -0.2) is 30.8 Å². The number of amides is 2. The third-order valence-corrected chi connectivity index (χ3v) is 6.29. The monoisotopic (exact) mass is 326 g/mol. The van der Waals surface area contributed by atoms with Crippen LogP contribution in [0.3, 0.4) is 0 Å². The molecule has 4 heteroatoms. The van der Waals surface area contributed by atoms with Gasteiger partial charge in [0.2, 0.25) is 5.91 Å². The molecule has 0 saturated heterocycles. The Labute approximate surface area is 143 Å². The van der Waals surface area contributed by atoms with Gasteiger partial charge >= 0.3 is 0 Å². The van der Waals surface area contributed by atoms with Gasteiger partial charge in [0.05, 0.1) is 5.41 Å². The molecule has 4 bridgehead atoms. The normalized spacial score (nSPS) is 33.3. The first-order chi connectivity index (χ1) is 11.4. The predicted molar refractivity (Wildman–Crippen MR) is 93.7 cm³/mol. The van der Waals surface area contributed by atoms with Gasteiger partial charge in [0.25, 0.3) is 5.91 Å². The lowest BCUT2D eigenvalue weighted by atomic mass is 9.49. The molecule has 0 heterocycles. The summed E-state index contributed by atoms with van der Waals surface area (Å²) in [5, 5.41) is 3.12. The summed E-state index contributed by atoms with van der Waals surface area (Å²) in [4.78, 5) is 26.7. The smallest absolute Gasteiger partial charge is 0.253 e. The van der Waals surface area contributed by atoms with E-state index in [-0.39, 0.29) is 17.2 Å². The van der Waals surface area contributed by atoms with Gasteiger partial charge in [-0.3, -0.25) is 9.59 Å². The van der Waals surface area contributed by atoms with E-state index in [1.807, 2.05) is 12.1 Å². The van der Waals surface area contributed by atoms with E-state index in [1.165, 1.54) is 19.3 Å². The van der Waals surface area contributed by atoms with E-state index >= 15 is 0 Å². The number of rotatable bonds is 3. The Hall–Kier alpha value is -1.84. The second-order valence-corrected chi connectivity index (χ2v) is 8.43. The van der Waals surface area contributed by atoms with Crippen molar-refractivity contribution >= 4 is 17.5 Å². The second-order valence-electron chi connectivity index (χ2n) is 8.43. The molecule has 1 N–H and O–H groups in total. The zero-order valence-corrected chi connectivity index (χ0v) is 14.5. The molecule has 0 aromatic heterocycles. The number of carbonyl (C=O) groups is 2. The Bertz CT molecular complexity index is 645. The van der Waals surface area contributed by atoms with Crippen molar-refractivity contribution in [2.45, 2.75) is 38.5 Å². The SMILES string of the molecule is CN(C)C(=O)c1cccc(NC(=O)C23CC4CC(CC(C4)C2)C3)c1. The molecule has 5 rings (SSSR count). The Balaban J connectivity index is 1.52. The van der Waals surface area contributed by atoms with Crippen molar-refractivity contribution in [3.05, 3.63) is 29.8 Å². The van der Waals surface area contributed by atoms with E-state index in [0.717, 1.165) is 42.7 Å². The van der Waals surface area contributed by atoms with E-state index in [0.29, 0.717) is 5.56 Å². The summed E-state index contributed by atoms with van der Waals surface area (Å²) in [7, 11) is 3.48. The van der Waals surface area contributed by atoms with Crippen LogP contribution < -0.4 is 5.32 Å². The van der Waals surface area contributed by atoms with Crippen molar-refractivity contribution in [3.63, 3.8) is 0 Å². The fourth-order valence-corrected chi connectivity index (χ4v) is 5.64. The van der Waals surface area contributed by atoms with Crippen LogP contribution in [0.5, 0.6) is 0 Å². The summed E-state index contributed by atoms with van der Waals surface area (Å²) in [5.41, 5.74) is 1.20. The van der Waals surface area contributed by atoms with E-state index < -0.39 is 0 Å². The lowest BCUT2D eigenvalue weighted by Crippen LogP contribution is -2.51. The molecular weight excluding hydrogens is 300 g/mol. The summed E-state index contributed by atoms with van der Waals surface area (Å²) < 4.78 is 0. The topological polar surface area (TPSA) is 49.4 Å². The van der Waals surface area contributed by atoms with E-state index in [2.05, 4.69) is 5.32 Å². The Kier molecular flexibility index (Phi) is 3.66. The molecule has 0 atom stereocenters. The molecule has 0 spiro atoms. The van der Waals surface area contributed by atoms with Gasteiger partial charge < -0.3 is 10.2 Å². The summed E-state index contributed by atoms with van der Waals surface area (Å²) in [5.74, 6) is 2.40. The number of nitrogens with one attached hydrogen (secondary N) is 1. The molecule has 4 saturated carbocycles. The number of carbonyl (C=O) groups excluding carboxylic acids is 2. The van der Waals surface area contributed by atoms with Crippen molar-refractivity contribution in [2.24, 2.45) is 23.2 Å². The lowest BCUT2D eigenvalue weighted by Gasteiger charge is -2.55. The summed E-state index contributed by atoms with van der Waals surface area (Å²) in [6.45, 7) is 0. The van der Waals surface area contributed by atoms with Crippen LogP contribution in [0, 0.1) is 23.2 Å². The van der Waals surface area contributed by atoms with Gasteiger partial charge in [0.15, 0.2) is 0 Å². The molecule has 2 amide bonds. The average Bonchev–Trinajstić information content (AvgIpc) is 2.53. The molecule has 0 unspecified atom stereocenters. The van der Waals surface area contributed by atoms with Crippen molar-refractivity contribution in [1.29, 1.82) is 0 Å². The van der Waals surface area contributed by atoms with Crippen LogP contribution in [0.4, 0.5) is 5.69 Å². The fourth-order valence-electron chi connectivity index (χ4n) is 5.64. The summed E-state index contributed by atoms with van der Waals surface area (Å²) >= 11 is 0. The van der Waals surface area contributed by atoms with E-state index in [9.17, 15) is 9.59 Å². The summed E-state index contributed by atoms with van der Waals surface area (Å²) in [6, 6.07) is 7.31. The molecule has 4 aliphatic carbocycles. The molecule has 4 fully saturated rings. The number of benzene rings is 1. The zero-order valence-electron chi connectivity index (χ0n) is 14.5. The lowest BCUT2D eigenvalue weighted by molar-refractivity contribution is -0.140. The molecule has 128 valence electrons. The van der Waals surface area contributed by atoms with Crippen molar-refractivity contribution in [2.75, 3.05) is 19.4 Å². The maximum Gasteiger partial charge on any atom is 0.253 e. The highest BCUT2D eigenvalue weighted by atomic mass is 16.2. The molecule has 1 aromatic carbocycles. The van der Waals surface area contributed by atoms with Crippen LogP contribution in [0.15, 0.2) is 24.3 Å². The first-order valence-electron chi connectivity index (χ1n) is 9.08. The Morgan fingerprint density at radius 2 is 1.62 bits per heavy atom. The third-order valence-electron chi connectivity index (χ3n) is 6.29. The van der Waals surface area contributed by atoms with Gasteiger partial charge in [-0.05, 0) is 74.5 Å². The number of hydrogen-bond donors (Lipinski definition) is 1. The van der Waals surface area contributed by atoms with Gasteiger partial charge in [-0.1, -0.05) is 6.07 Å². The van der Waals surface area contributed by atoms with Gasteiger partial charge in [-0.2, -0.15) is 0 Å². The molecule has 24 heavy (non-hydrogen) atoms. The highest BCUT2D eigenvalue weighted by molar-refractivity contribution is 5.98. The van der Waals surface area contributed by atoms with Gasteiger partial charge in [0, 0.05) is 25.3 Å². The number of hydrogen-bond acceptors (Lipinski definition) is 2. The third kappa shape index (κ3) is 2.62. The van der Waals surface area contributed by atoms with Crippen LogP contribution in [0.25, 0.3) is 0 Å². The maximum absolute atomic E-state index is 13.1. The highest BCUT2D eigenvalue weighted by Crippen LogP contribution is 2.60. The minimum absolute atomic E-state index is 0.0408. The molecule has 1 aromatic rings. The average molecular weight is 326 g/mol. The predicted octanol–water partition coefficient (Wildman–Crippen LogP) is 3.54. The number of anilines is 1. The van der Waals surface area contributed by atoms with Crippen LogP contribution >= 0.6 is 0 Å². The quantitative estimate of drug-likeness (QED) is 0.923. The standard InChI is InChI=1S/C20H26N2O2/c1-22(2)18(23)16-4-3-5-17(9-16)21-19(24)20-10-13-6-14(11-20)8-15(7-13)12-20/h3-5,9,13-15H,6-8,10-12H2,1-2H3,(H,21,24). The first-order valence-corrected chi connectivity index (χ1v) is 9.08. The molecule has 0 radical (unpaired) electrons. The van der Waals surface area contributed by atoms with Crippen LogP contribution in [-0.2, 0) is 4.79 Å². The first kappa shape index (κ1) is 15.7. The summed E-state index contributed by atoms with van der Waals surface area (Å²) in [6.07, 6.45) is 7.17. The van der Waals surface area contributed by atoms with E-state index in [1.54, 1.807) is 31.1 Å². The molecule has 4 aliphatic rings. The largest absolute Gasteiger partial charge is 0.345 e. The second kappa shape index (κ2) is 5.61. The van der Waals surface area contributed by atoms with Crippen molar-refractivity contribution in [3.8, 4) is 0 Å². The Morgan fingerprint density at radius 1 is 1.04 bits per heavy atom. The van der Waals surface area contributed by atoms with Gasteiger partial charge in [-0.15, -0.1) is 0 Å². The number of nitrogens with zero attached hydrogens (tertiary/aromatic N) is 1. The molecular formula is C20H26N2O2. The minimum atomic E-state index is -0.156. The fraction of sp³-hybridized carbons (Fsp3) is 0.600.